The molecule has 1 aliphatic carbocycles. The lowest BCUT2D eigenvalue weighted by Crippen LogP contribution is -2.34. The van der Waals surface area contributed by atoms with E-state index in [1.54, 1.807) is 7.05 Å². The number of carbonyl (C=O) groups is 1. The van der Waals surface area contributed by atoms with Crippen molar-refractivity contribution in [1.82, 2.24) is 14.8 Å². The number of Topliss-reactive ketones (excluding diaryl/α,β-unsaturated/α-hetero) is 1. The standard InChI is InChI=1S/C11H15N3O3S/c1-14-11(12-9(16)10(17)13-14)18-6-8(15)7-4-2-3-5-7/h7H,2-6H2,1H3,(H,13,17). The number of hydrogen-bond donors (Lipinski definition) is 1. The minimum absolute atomic E-state index is 0.164. The molecule has 0 radical (unpaired) electrons. The molecule has 0 unspecified atom stereocenters. The molecule has 1 aliphatic rings. The highest BCUT2D eigenvalue weighted by atomic mass is 32.2. The Morgan fingerprint density at radius 3 is 2.78 bits per heavy atom. The summed E-state index contributed by atoms with van der Waals surface area (Å²) in [5.74, 6) is 0.673. The number of thioether (sulfide) groups is 1. The van der Waals surface area contributed by atoms with E-state index in [0.29, 0.717) is 10.9 Å². The first-order valence-corrected chi connectivity index (χ1v) is 6.89. The minimum atomic E-state index is -0.816. The van der Waals surface area contributed by atoms with Crippen molar-refractivity contribution in [3.8, 4) is 0 Å². The number of nitrogens with zero attached hydrogens (tertiary/aromatic N) is 2. The summed E-state index contributed by atoms with van der Waals surface area (Å²) in [6.07, 6.45) is 4.18. The number of nitrogens with one attached hydrogen (secondary N) is 1. The molecule has 18 heavy (non-hydrogen) atoms. The van der Waals surface area contributed by atoms with Gasteiger partial charge in [0.25, 0.3) is 0 Å². The van der Waals surface area contributed by atoms with Crippen molar-refractivity contribution in [3.05, 3.63) is 20.7 Å². The summed E-state index contributed by atoms with van der Waals surface area (Å²) in [6, 6.07) is 0. The fourth-order valence-electron chi connectivity index (χ4n) is 2.09. The van der Waals surface area contributed by atoms with Crippen LogP contribution in [-0.4, -0.2) is 26.3 Å². The van der Waals surface area contributed by atoms with Crippen molar-refractivity contribution in [1.29, 1.82) is 0 Å². The molecule has 0 aliphatic heterocycles. The topological polar surface area (TPSA) is 84.8 Å². The predicted molar refractivity (Wildman–Crippen MR) is 67.8 cm³/mol. The van der Waals surface area contributed by atoms with Gasteiger partial charge in [-0.1, -0.05) is 24.6 Å². The number of hydrogen-bond acceptors (Lipinski definition) is 5. The molecule has 2 rings (SSSR count). The summed E-state index contributed by atoms with van der Waals surface area (Å²) < 4.78 is 1.37. The van der Waals surface area contributed by atoms with Gasteiger partial charge in [0.05, 0.1) is 5.75 Å². The molecule has 0 amide bonds. The monoisotopic (exact) mass is 269 g/mol. The van der Waals surface area contributed by atoms with Gasteiger partial charge in [-0.2, -0.15) is 4.98 Å². The van der Waals surface area contributed by atoms with E-state index in [4.69, 9.17) is 0 Å². The summed E-state index contributed by atoms with van der Waals surface area (Å²) in [6.45, 7) is 0. The molecule has 1 aromatic rings. The first kappa shape index (κ1) is 13.1. The highest BCUT2D eigenvalue weighted by molar-refractivity contribution is 7.99. The maximum atomic E-state index is 11.9. The molecule has 0 spiro atoms. The maximum Gasteiger partial charge on any atom is 0.339 e. The largest absolute Gasteiger partial charge is 0.339 e. The average molecular weight is 269 g/mol. The first-order valence-electron chi connectivity index (χ1n) is 5.91. The van der Waals surface area contributed by atoms with Crippen LogP contribution in [0.3, 0.4) is 0 Å². The smallest absolute Gasteiger partial charge is 0.298 e. The number of aromatic nitrogens is 3. The van der Waals surface area contributed by atoms with Gasteiger partial charge in [-0.05, 0) is 12.8 Å². The molecule has 6 nitrogen and oxygen atoms in total. The Labute approximate surface area is 108 Å². The van der Waals surface area contributed by atoms with Gasteiger partial charge in [-0.3, -0.25) is 24.2 Å². The number of aryl methyl sites for hydroxylation is 1. The Bertz CT molecular complexity index is 557. The number of ketones is 1. The van der Waals surface area contributed by atoms with E-state index in [0.717, 1.165) is 25.7 Å². The van der Waals surface area contributed by atoms with E-state index < -0.39 is 11.1 Å². The van der Waals surface area contributed by atoms with Gasteiger partial charge in [0.15, 0.2) is 5.16 Å². The van der Waals surface area contributed by atoms with Crippen LogP contribution in [0.4, 0.5) is 0 Å². The second kappa shape index (κ2) is 5.51. The molecule has 1 aromatic heterocycles. The van der Waals surface area contributed by atoms with Crippen LogP contribution in [0.15, 0.2) is 14.7 Å². The molecule has 0 aromatic carbocycles. The Morgan fingerprint density at radius 1 is 1.44 bits per heavy atom. The van der Waals surface area contributed by atoms with Crippen LogP contribution in [0.2, 0.25) is 0 Å². The van der Waals surface area contributed by atoms with Crippen molar-refractivity contribution >= 4 is 17.5 Å². The lowest BCUT2D eigenvalue weighted by molar-refractivity contribution is -0.120. The molecule has 1 heterocycles. The molecular weight excluding hydrogens is 254 g/mol. The molecule has 0 saturated heterocycles. The highest BCUT2D eigenvalue weighted by Crippen LogP contribution is 2.27. The predicted octanol–water partition coefficient (Wildman–Crippen LogP) is 0.320. The van der Waals surface area contributed by atoms with E-state index >= 15 is 0 Å². The SMILES string of the molecule is Cn1[nH]c(=O)c(=O)nc1SCC(=O)C1CCCC1. The van der Waals surface area contributed by atoms with Gasteiger partial charge in [-0.15, -0.1) is 0 Å². The zero-order chi connectivity index (χ0) is 13.1. The second-order valence-electron chi connectivity index (χ2n) is 4.44. The molecule has 1 N–H and O–H groups in total. The third-order valence-electron chi connectivity index (χ3n) is 3.10. The van der Waals surface area contributed by atoms with Gasteiger partial charge in [0.1, 0.15) is 5.78 Å². The van der Waals surface area contributed by atoms with Crippen molar-refractivity contribution in [2.24, 2.45) is 13.0 Å². The van der Waals surface area contributed by atoms with E-state index in [1.807, 2.05) is 0 Å². The van der Waals surface area contributed by atoms with Crippen LogP contribution in [-0.2, 0) is 11.8 Å². The number of aromatic amines is 1. The Hall–Kier alpha value is -1.37. The van der Waals surface area contributed by atoms with Gasteiger partial charge < -0.3 is 0 Å². The van der Waals surface area contributed by atoms with Gasteiger partial charge in [0, 0.05) is 13.0 Å². The molecule has 1 saturated carbocycles. The normalized spacial score (nSPS) is 16.1. The maximum absolute atomic E-state index is 11.9. The molecule has 0 bridgehead atoms. The van der Waals surface area contributed by atoms with E-state index in [2.05, 4.69) is 10.1 Å². The highest BCUT2D eigenvalue weighted by Gasteiger charge is 2.22. The van der Waals surface area contributed by atoms with E-state index in [-0.39, 0.29) is 11.7 Å². The second-order valence-corrected chi connectivity index (χ2v) is 5.38. The zero-order valence-electron chi connectivity index (χ0n) is 10.1. The number of H-pyrrole nitrogens is 1. The summed E-state index contributed by atoms with van der Waals surface area (Å²) in [7, 11) is 1.59. The van der Waals surface area contributed by atoms with Gasteiger partial charge >= 0.3 is 11.1 Å². The third kappa shape index (κ3) is 2.90. The zero-order valence-corrected chi connectivity index (χ0v) is 11.0. The van der Waals surface area contributed by atoms with Crippen molar-refractivity contribution in [2.75, 3.05) is 5.75 Å². The van der Waals surface area contributed by atoms with Crippen LogP contribution < -0.4 is 11.1 Å². The molecular formula is C11H15N3O3S. The van der Waals surface area contributed by atoms with E-state index in [9.17, 15) is 14.4 Å². The number of carbonyl (C=O) groups excluding carboxylic acids is 1. The fourth-order valence-corrected chi connectivity index (χ4v) is 2.98. The Morgan fingerprint density at radius 2 is 2.11 bits per heavy atom. The molecule has 0 atom stereocenters. The number of rotatable bonds is 4. The lowest BCUT2D eigenvalue weighted by Gasteiger charge is -2.08. The molecule has 1 fully saturated rings. The average Bonchev–Trinajstić information content (AvgIpc) is 2.85. The van der Waals surface area contributed by atoms with Crippen molar-refractivity contribution in [2.45, 2.75) is 30.8 Å². The summed E-state index contributed by atoms with van der Waals surface area (Å²) in [5.41, 5.74) is -1.56. The quantitative estimate of drug-likeness (QED) is 0.628. The first-order chi connectivity index (χ1) is 8.58. The van der Waals surface area contributed by atoms with Gasteiger partial charge in [-0.25, -0.2) is 0 Å². The molecule has 98 valence electrons. The van der Waals surface area contributed by atoms with Crippen molar-refractivity contribution < 1.29 is 4.79 Å². The fraction of sp³-hybridized carbons (Fsp3) is 0.636. The van der Waals surface area contributed by atoms with Gasteiger partial charge in [0.2, 0.25) is 0 Å². The molecule has 7 heteroatoms. The van der Waals surface area contributed by atoms with Crippen LogP contribution in [0, 0.1) is 5.92 Å². The summed E-state index contributed by atoms with van der Waals surface area (Å²) in [4.78, 5) is 37.7. The van der Waals surface area contributed by atoms with Crippen LogP contribution in [0.1, 0.15) is 25.7 Å². The van der Waals surface area contributed by atoms with Crippen molar-refractivity contribution in [3.63, 3.8) is 0 Å². The Balaban J connectivity index is 2.02. The minimum Gasteiger partial charge on any atom is -0.298 e. The van der Waals surface area contributed by atoms with E-state index in [1.165, 1.54) is 16.4 Å². The lowest BCUT2D eigenvalue weighted by atomic mass is 10.0. The summed E-state index contributed by atoms with van der Waals surface area (Å²) >= 11 is 1.20. The Kier molecular flexibility index (Phi) is 4.00. The van der Waals surface area contributed by atoms with Crippen LogP contribution >= 0.6 is 11.8 Å². The summed E-state index contributed by atoms with van der Waals surface area (Å²) in [5, 5.41) is 2.72. The van der Waals surface area contributed by atoms with Crippen LogP contribution in [0.25, 0.3) is 0 Å². The third-order valence-corrected chi connectivity index (χ3v) is 4.15. The van der Waals surface area contributed by atoms with Crippen LogP contribution in [0.5, 0.6) is 0 Å².